The van der Waals surface area contributed by atoms with Crippen molar-refractivity contribution in [3.05, 3.63) is 47.8 Å². The molecule has 3 rings (SSSR count). The number of carboxylic acid groups (broad SMARTS) is 1. The molecule has 12 heteroatoms. The average Bonchev–Trinajstić information content (AvgIpc) is 2.90. The van der Waals surface area contributed by atoms with E-state index in [1.54, 1.807) is 37.3 Å². The van der Waals surface area contributed by atoms with E-state index >= 15 is 0 Å². The van der Waals surface area contributed by atoms with E-state index in [9.17, 15) is 24.4 Å². The van der Waals surface area contributed by atoms with Gasteiger partial charge in [-0.25, -0.2) is 14.8 Å². The Morgan fingerprint density at radius 1 is 1.11 bits per heavy atom. The van der Waals surface area contributed by atoms with Gasteiger partial charge in [-0.05, 0) is 13.3 Å². The van der Waals surface area contributed by atoms with E-state index in [1.165, 1.54) is 15.9 Å². The first-order valence-electron chi connectivity index (χ1n) is 11.4. The van der Waals surface area contributed by atoms with Crippen LogP contribution in [0.2, 0.25) is 0 Å². The number of carbonyl (C=O) groups is 4. The van der Waals surface area contributed by atoms with Gasteiger partial charge in [0.1, 0.15) is 23.5 Å². The molecule has 0 radical (unpaired) electrons. The average molecular weight is 495 g/mol. The van der Waals surface area contributed by atoms with Crippen LogP contribution in [0.5, 0.6) is 0 Å². The molecular formula is C24H26N6O6. The minimum Gasteiger partial charge on any atom is -0.481 e. The number of aromatic nitrogens is 2. The Kier molecular flexibility index (Phi) is 8.88. The first kappa shape index (κ1) is 26.1. The highest BCUT2D eigenvalue weighted by Crippen LogP contribution is 2.16. The Hall–Kier alpha value is -4.53. The standard InChI is InChI=1S/C24H26N6O6/c1-2-36-24(35)30-12-10-29(11-13-30)23(34)18(8-9-20(31)32)28-22(33)19-14-17(15-25)26-21(27-19)16-6-4-3-5-7-16/h3-7,14,18H,2,8-13H2,1H3,(H,28,33)(H,31,32). The lowest BCUT2D eigenvalue weighted by Gasteiger charge is -2.35. The van der Waals surface area contributed by atoms with Crippen molar-refractivity contribution < 1.29 is 29.0 Å². The minimum atomic E-state index is -1.14. The maximum absolute atomic E-state index is 13.2. The predicted octanol–water partition coefficient (Wildman–Crippen LogP) is 1.28. The lowest BCUT2D eigenvalue weighted by molar-refractivity contribution is -0.138. The van der Waals surface area contributed by atoms with Crippen molar-refractivity contribution in [1.82, 2.24) is 25.1 Å². The number of benzene rings is 1. The van der Waals surface area contributed by atoms with Gasteiger partial charge < -0.3 is 25.0 Å². The highest BCUT2D eigenvalue weighted by atomic mass is 16.6. The van der Waals surface area contributed by atoms with Crippen LogP contribution < -0.4 is 5.32 Å². The van der Waals surface area contributed by atoms with Crippen molar-refractivity contribution in [2.75, 3.05) is 32.8 Å². The molecule has 0 aliphatic carbocycles. The molecule has 1 unspecified atom stereocenters. The highest BCUT2D eigenvalue weighted by Gasteiger charge is 2.31. The molecule has 2 aromatic rings. The van der Waals surface area contributed by atoms with Gasteiger partial charge in [0.25, 0.3) is 5.91 Å². The van der Waals surface area contributed by atoms with Gasteiger partial charge in [-0.2, -0.15) is 5.26 Å². The monoisotopic (exact) mass is 494 g/mol. The number of amides is 3. The molecule has 2 N–H and O–H groups in total. The van der Waals surface area contributed by atoms with Crippen molar-refractivity contribution in [3.8, 4) is 17.5 Å². The van der Waals surface area contributed by atoms with E-state index in [0.717, 1.165) is 0 Å². The maximum Gasteiger partial charge on any atom is 0.409 e. The molecule has 0 bridgehead atoms. The normalized spacial score (nSPS) is 13.9. The summed E-state index contributed by atoms with van der Waals surface area (Å²) in [7, 11) is 0. The number of aliphatic carboxylic acids is 1. The molecule has 12 nitrogen and oxygen atoms in total. The molecule has 3 amide bonds. The summed E-state index contributed by atoms with van der Waals surface area (Å²) in [6.07, 6.45) is -0.951. The topological polar surface area (TPSA) is 166 Å². The van der Waals surface area contributed by atoms with Gasteiger partial charge in [0.2, 0.25) is 5.91 Å². The summed E-state index contributed by atoms with van der Waals surface area (Å²) in [4.78, 5) is 60.7. The SMILES string of the molecule is CCOC(=O)N1CCN(C(=O)C(CCC(=O)O)NC(=O)c2cc(C#N)nc(-c3ccccc3)n2)CC1. The number of ether oxygens (including phenoxy) is 1. The molecule has 1 aliphatic rings. The third-order valence-electron chi connectivity index (χ3n) is 5.47. The summed E-state index contributed by atoms with van der Waals surface area (Å²) < 4.78 is 4.98. The largest absolute Gasteiger partial charge is 0.481 e. The number of nitrogens with zero attached hydrogens (tertiary/aromatic N) is 5. The zero-order valence-corrected chi connectivity index (χ0v) is 19.7. The van der Waals surface area contributed by atoms with Crippen molar-refractivity contribution in [2.45, 2.75) is 25.8 Å². The van der Waals surface area contributed by atoms with E-state index in [0.29, 0.717) is 5.56 Å². The number of carboxylic acids is 1. The third kappa shape index (κ3) is 6.75. The van der Waals surface area contributed by atoms with Gasteiger partial charge in [0.15, 0.2) is 5.82 Å². The molecule has 1 aromatic heterocycles. The molecule has 0 saturated carbocycles. The van der Waals surface area contributed by atoms with E-state index in [4.69, 9.17) is 9.84 Å². The van der Waals surface area contributed by atoms with Crippen LogP contribution in [0.15, 0.2) is 36.4 Å². The smallest absolute Gasteiger partial charge is 0.409 e. The number of nitriles is 1. The summed E-state index contributed by atoms with van der Waals surface area (Å²) in [5.41, 5.74) is 0.444. The second-order valence-electron chi connectivity index (χ2n) is 7.91. The van der Waals surface area contributed by atoms with Crippen LogP contribution in [0.1, 0.15) is 35.9 Å². The van der Waals surface area contributed by atoms with E-state index in [1.807, 2.05) is 6.07 Å². The Morgan fingerprint density at radius 3 is 2.39 bits per heavy atom. The molecule has 1 saturated heterocycles. The summed E-state index contributed by atoms with van der Waals surface area (Å²) in [5.74, 6) is -2.15. The first-order chi connectivity index (χ1) is 17.3. The van der Waals surface area contributed by atoms with Gasteiger partial charge in [0, 0.05) is 44.2 Å². The van der Waals surface area contributed by atoms with Crippen molar-refractivity contribution in [3.63, 3.8) is 0 Å². The molecule has 36 heavy (non-hydrogen) atoms. The fraction of sp³-hybridized carbons (Fsp3) is 0.375. The van der Waals surface area contributed by atoms with Gasteiger partial charge in [-0.15, -0.1) is 0 Å². The molecule has 1 fully saturated rings. The minimum absolute atomic E-state index is 0.0301. The van der Waals surface area contributed by atoms with Crippen LogP contribution in [0.3, 0.4) is 0 Å². The van der Waals surface area contributed by atoms with Gasteiger partial charge in [-0.3, -0.25) is 14.4 Å². The third-order valence-corrected chi connectivity index (χ3v) is 5.47. The second kappa shape index (κ2) is 12.3. The number of nitrogens with one attached hydrogen (secondary N) is 1. The lowest BCUT2D eigenvalue weighted by atomic mass is 10.1. The Labute approximate surface area is 207 Å². The molecular weight excluding hydrogens is 468 g/mol. The quantitative estimate of drug-likeness (QED) is 0.549. The molecule has 1 aromatic carbocycles. The van der Waals surface area contributed by atoms with Gasteiger partial charge in [0.05, 0.1) is 6.61 Å². The molecule has 2 heterocycles. The van der Waals surface area contributed by atoms with E-state index in [2.05, 4.69) is 15.3 Å². The fourth-order valence-corrected chi connectivity index (χ4v) is 3.64. The predicted molar refractivity (Wildman–Crippen MR) is 125 cm³/mol. The number of hydrogen-bond donors (Lipinski definition) is 2. The number of carbonyl (C=O) groups excluding carboxylic acids is 3. The Balaban J connectivity index is 1.76. The molecule has 0 spiro atoms. The molecule has 1 aliphatic heterocycles. The van der Waals surface area contributed by atoms with Gasteiger partial charge in [-0.1, -0.05) is 30.3 Å². The summed E-state index contributed by atoms with van der Waals surface area (Å²) in [6.45, 7) is 2.87. The fourth-order valence-electron chi connectivity index (χ4n) is 3.64. The second-order valence-corrected chi connectivity index (χ2v) is 7.91. The summed E-state index contributed by atoms with van der Waals surface area (Å²) >= 11 is 0. The zero-order chi connectivity index (χ0) is 26.1. The van der Waals surface area contributed by atoms with Crippen molar-refractivity contribution >= 4 is 23.9 Å². The molecule has 188 valence electrons. The van der Waals surface area contributed by atoms with Crippen LogP contribution in [0, 0.1) is 11.3 Å². The Morgan fingerprint density at radius 2 is 1.78 bits per heavy atom. The summed E-state index contributed by atoms with van der Waals surface area (Å²) in [5, 5.41) is 21.1. The Bertz CT molecular complexity index is 1160. The van der Waals surface area contributed by atoms with E-state index < -0.39 is 29.9 Å². The number of rotatable bonds is 8. The summed E-state index contributed by atoms with van der Waals surface area (Å²) in [6, 6.07) is 10.8. The van der Waals surface area contributed by atoms with E-state index in [-0.39, 0.29) is 62.8 Å². The first-order valence-corrected chi connectivity index (χ1v) is 11.4. The number of piperazine rings is 1. The maximum atomic E-state index is 13.2. The van der Waals surface area contributed by atoms with Crippen LogP contribution in [0.25, 0.3) is 11.4 Å². The highest BCUT2D eigenvalue weighted by molar-refractivity contribution is 5.96. The van der Waals surface area contributed by atoms with Crippen LogP contribution in [-0.2, 0) is 14.3 Å². The van der Waals surface area contributed by atoms with Crippen molar-refractivity contribution in [2.24, 2.45) is 0 Å². The van der Waals surface area contributed by atoms with Crippen LogP contribution >= 0.6 is 0 Å². The van der Waals surface area contributed by atoms with Crippen molar-refractivity contribution in [1.29, 1.82) is 5.26 Å². The van der Waals surface area contributed by atoms with Crippen LogP contribution in [0.4, 0.5) is 4.79 Å². The lowest BCUT2D eigenvalue weighted by Crippen LogP contribution is -2.56. The number of hydrogen-bond acceptors (Lipinski definition) is 8. The molecule has 1 atom stereocenters. The van der Waals surface area contributed by atoms with Gasteiger partial charge >= 0.3 is 12.1 Å². The van der Waals surface area contributed by atoms with Crippen LogP contribution in [-0.4, -0.2) is 87.6 Å². The zero-order valence-electron chi connectivity index (χ0n) is 19.7.